The molecule has 3 nitrogen and oxygen atoms in total. The van der Waals surface area contributed by atoms with Crippen LogP contribution in [0.1, 0.15) is 21.5 Å². The first-order chi connectivity index (χ1) is 8.63. The average molecular weight is 262 g/mol. The molecule has 2 rings (SSSR count). The van der Waals surface area contributed by atoms with E-state index in [-0.39, 0.29) is 5.78 Å². The summed E-state index contributed by atoms with van der Waals surface area (Å²) in [6.45, 7) is 1.87. The molecule has 0 spiro atoms. The fraction of sp³-hybridized carbons (Fsp3) is 0.143. The van der Waals surface area contributed by atoms with E-state index in [4.69, 9.17) is 16.3 Å². The number of nitrogens with zero attached hydrogens (tertiary/aromatic N) is 1. The van der Waals surface area contributed by atoms with E-state index in [1.54, 1.807) is 31.5 Å². The number of hydrogen-bond acceptors (Lipinski definition) is 3. The van der Waals surface area contributed by atoms with Gasteiger partial charge in [-0.2, -0.15) is 0 Å². The van der Waals surface area contributed by atoms with Gasteiger partial charge in [0.1, 0.15) is 5.75 Å². The third-order valence-electron chi connectivity index (χ3n) is 2.70. The van der Waals surface area contributed by atoms with Crippen molar-refractivity contribution in [2.24, 2.45) is 0 Å². The van der Waals surface area contributed by atoms with Crippen molar-refractivity contribution in [3.63, 3.8) is 0 Å². The third kappa shape index (κ3) is 2.36. The molecular formula is C14H12ClNO2. The monoisotopic (exact) mass is 261 g/mol. The smallest absolute Gasteiger partial charge is 0.194 e. The summed E-state index contributed by atoms with van der Waals surface area (Å²) in [5, 5.41) is 0.359. The number of aryl methyl sites for hydroxylation is 1. The number of benzene rings is 1. The van der Waals surface area contributed by atoms with Crippen LogP contribution in [-0.4, -0.2) is 17.9 Å². The zero-order valence-electron chi connectivity index (χ0n) is 10.1. The van der Waals surface area contributed by atoms with Crippen LogP contribution in [0.4, 0.5) is 0 Å². The molecule has 2 aromatic rings. The Balaban J connectivity index is 2.44. The van der Waals surface area contributed by atoms with Crippen molar-refractivity contribution in [1.82, 2.24) is 4.98 Å². The summed E-state index contributed by atoms with van der Waals surface area (Å²) in [7, 11) is 1.59. The average Bonchev–Trinajstić information content (AvgIpc) is 2.38. The predicted octanol–water partition coefficient (Wildman–Crippen LogP) is 3.28. The van der Waals surface area contributed by atoms with Crippen LogP contribution in [0.3, 0.4) is 0 Å². The summed E-state index contributed by atoms with van der Waals surface area (Å²) >= 11 is 5.97. The van der Waals surface area contributed by atoms with Gasteiger partial charge < -0.3 is 4.74 Å². The van der Waals surface area contributed by atoms with Gasteiger partial charge in [0.25, 0.3) is 0 Å². The Morgan fingerprint density at radius 1 is 1.28 bits per heavy atom. The number of carbonyl (C=O) groups excluding carboxylic acids is 1. The van der Waals surface area contributed by atoms with Gasteiger partial charge >= 0.3 is 0 Å². The number of carbonyl (C=O) groups is 1. The first-order valence-corrected chi connectivity index (χ1v) is 5.80. The standard InChI is InChI=1S/C14H12ClNO2/c1-9-7-10(18-2)3-4-11(9)14(17)12-5-6-16-8-13(12)15/h3-8H,1-2H3. The Hall–Kier alpha value is -1.87. The Morgan fingerprint density at radius 3 is 2.67 bits per heavy atom. The minimum absolute atomic E-state index is 0.109. The van der Waals surface area contributed by atoms with E-state index in [0.717, 1.165) is 11.3 Å². The van der Waals surface area contributed by atoms with E-state index in [2.05, 4.69) is 4.98 Å². The number of methoxy groups -OCH3 is 1. The van der Waals surface area contributed by atoms with Gasteiger partial charge in [-0.3, -0.25) is 9.78 Å². The van der Waals surface area contributed by atoms with Gasteiger partial charge in [-0.1, -0.05) is 11.6 Å². The van der Waals surface area contributed by atoms with Gasteiger partial charge in [-0.15, -0.1) is 0 Å². The van der Waals surface area contributed by atoms with Crippen LogP contribution in [0.15, 0.2) is 36.7 Å². The maximum Gasteiger partial charge on any atom is 0.194 e. The summed E-state index contributed by atoms with van der Waals surface area (Å²) in [6, 6.07) is 6.94. The van der Waals surface area contributed by atoms with Crippen molar-refractivity contribution in [2.45, 2.75) is 6.92 Å². The Kier molecular flexibility index (Phi) is 3.63. The van der Waals surface area contributed by atoms with Crippen molar-refractivity contribution < 1.29 is 9.53 Å². The highest BCUT2D eigenvalue weighted by atomic mass is 35.5. The molecule has 0 amide bonds. The number of pyridine rings is 1. The SMILES string of the molecule is COc1ccc(C(=O)c2ccncc2Cl)c(C)c1. The van der Waals surface area contributed by atoms with Crippen molar-refractivity contribution in [3.8, 4) is 5.75 Å². The number of ether oxygens (including phenoxy) is 1. The maximum absolute atomic E-state index is 12.3. The van der Waals surface area contributed by atoms with E-state index in [0.29, 0.717) is 16.1 Å². The molecule has 18 heavy (non-hydrogen) atoms. The second-order valence-electron chi connectivity index (χ2n) is 3.87. The van der Waals surface area contributed by atoms with Gasteiger partial charge in [0.15, 0.2) is 5.78 Å². The highest BCUT2D eigenvalue weighted by Gasteiger charge is 2.15. The Morgan fingerprint density at radius 2 is 2.06 bits per heavy atom. The minimum atomic E-state index is -0.109. The lowest BCUT2D eigenvalue weighted by atomic mass is 9.99. The van der Waals surface area contributed by atoms with Crippen molar-refractivity contribution in [3.05, 3.63) is 58.4 Å². The quantitative estimate of drug-likeness (QED) is 0.796. The molecule has 0 saturated carbocycles. The highest BCUT2D eigenvalue weighted by molar-refractivity contribution is 6.34. The molecule has 0 fully saturated rings. The lowest BCUT2D eigenvalue weighted by Crippen LogP contribution is -2.05. The Bertz CT molecular complexity index is 596. The predicted molar refractivity (Wildman–Crippen MR) is 70.4 cm³/mol. The zero-order valence-corrected chi connectivity index (χ0v) is 10.9. The van der Waals surface area contributed by atoms with E-state index in [9.17, 15) is 4.79 Å². The summed E-state index contributed by atoms with van der Waals surface area (Å²) < 4.78 is 5.11. The summed E-state index contributed by atoms with van der Waals surface area (Å²) in [5.41, 5.74) is 1.93. The highest BCUT2D eigenvalue weighted by Crippen LogP contribution is 2.22. The zero-order chi connectivity index (χ0) is 13.1. The molecule has 1 aromatic carbocycles. The van der Waals surface area contributed by atoms with E-state index >= 15 is 0 Å². The molecule has 1 aromatic heterocycles. The lowest BCUT2D eigenvalue weighted by molar-refractivity contribution is 0.103. The lowest BCUT2D eigenvalue weighted by Gasteiger charge is -2.08. The molecule has 0 N–H and O–H groups in total. The van der Waals surface area contributed by atoms with Crippen LogP contribution < -0.4 is 4.74 Å². The molecule has 0 bridgehead atoms. The van der Waals surface area contributed by atoms with Crippen molar-refractivity contribution in [1.29, 1.82) is 0 Å². The van der Waals surface area contributed by atoms with Gasteiger partial charge in [0.2, 0.25) is 0 Å². The normalized spacial score (nSPS) is 10.2. The first kappa shape index (κ1) is 12.6. The van der Waals surface area contributed by atoms with E-state index in [1.165, 1.54) is 6.20 Å². The van der Waals surface area contributed by atoms with Crippen molar-refractivity contribution >= 4 is 17.4 Å². The van der Waals surface area contributed by atoms with E-state index in [1.807, 2.05) is 13.0 Å². The van der Waals surface area contributed by atoms with Crippen LogP contribution in [0, 0.1) is 6.92 Å². The molecule has 0 aliphatic heterocycles. The number of rotatable bonds is 3. The first-order valence-electron chi connectivity index (χ1n) is 5.42. The van der Waals surface area contributed by atoms with Gasteiger partial charge in [-0.25, -0.2) is 0 Å². The Labute approximate surface area is 110 Å². The largest absolute Gasteiger partial charge is 0.497 e. The molecule has 0 radical (unpaired) electrons. The second kappa shape index (κ2) is 5.19. The topological polar surface area (TPSA) is 39.2 Å². The number of aromatic nitrogens is 1. The molecule has 92 valence electrons. The van der Waals surface area contributed by atoms with Crippen LogP contribution in [0.2, 0.25) is 5.02 Å². The molecule has 0 unspecified atom stereocenters. The molecule has 1 heterocycles. The third-order valence-corrected chi connectivity index (χ3v) is 3.00. The summed E-state index contributed by atoms with van der Waals surface area (Å²) in [5.74, 6) is 0.618. The molecular weight excluding hydrogens is 250 g/mol. The number of halogens is 1. The second-order valence-corrected chi connectivity index (χ2v) is 4.27. The van der Waals surface area contributed by atoms with Crippen LogP contribution in [-0.2, 0) is 0 Å². The van der Waals surface area contributed by atoms with E-state index < -0.39 is 0 Å². The summed E-state index contributed by atoms with van der Waals surface area (Å²) in [4.78, 5) is 16.2. The molecule has 4 heteroatoms. The number of hydrogen-bond donors (Lipinski definition) is 0. The van der Waals surface area contributed by atoms with Crippen molar-refractivity contribution in [2.75, 3.05) is 7.11 Å². The minimum Gasteiger partial charge on any atom is -0.497 e. The maximum atomic E-state index is 12.3. The molecule has 0 aliphatic carbocycles. The van der Waals surface area contributed by atoms with Gasteiger partial charge in [-0.05, 0) is 36.8 Å². The van der Waals surface area contributed by atoms with Crippen LogP contribution >= 0.6 is 11.6 Å². The fourth-order valence-corrected chi connectivity index (χ4v) is 1.93. The number of ketones is 1. The molecule has 0 saturated heterocycles. The van der Waals surface area contributed by atoms with Gasteiger partial charge in [0.05, 0.1) is 12.1 Å². The fourth-order valence-electron chi connectivity index (χ4n) is 1.72. The van der Waals surface area contributed by atoms with Crippen LogP contribution in [0.25, 0.3) is 0 Å². The summed E-state index contributed by atoms with van der Waals surface area (Å²) in [6.07, 6.45) is 3.02. The van der Waals surface area contributed by atoms with Gasteiger partial charge in [0, 0.05) is 23.5 Å². The van der Waals surface area contributed by atoms with Crippen LogP contribution in [0.5, 0.6) is 5.75 Å². The molecule has 0 atom stereocenters. The molecule has 0 aliphatic rings.